The molecule has 0 fully saturated rings. The maximum atomic E-state index is 12.5. The number of aryl methyl sites for hydroxylation is 2. The van der Waals surface area contributed by atoms with Gasteiger partial charge in [-0.1, -0.05) is 29.8 Å². The van der Waals surface area contributed by atoms with Crippen LogP contribution < -0.4 is 9.62 Å². The molecule has 2 N–H and O–H groups in total. The van der Waals surface area contributed by atoms with Crippen molar-refractivity contribution >= 4 is 15.7 Å². The topological polar surface area (TPSA) is 69.6 Å². The van der Waals surface area contributed by atoms with Gasteiger partial charge in [-0.3, -0.25) is 0 Å². The number of anilines is 1. The maximum absolute atomic E-state index is 12.5. The molecule has 1 heterocycles. The second-order valence-electron chi connectivity index (χ2n) is 6.70. The number of sulfonamides is 1. The summed E-state index contributed by atoms with van der Waals surface area (Å²) in [7, 11) is -1.61. The SMILES string of the molecule is Cc1ccc(S(=O)(=O)NCC(O)c2ccc3c(c2)CCN3C)c(C)c1. The normalized spacial score (nSPS) is 15.3. The third-order valence-electron chi connectivity index (χ3n) is 4.70. The van der Waals surface area contributed by atoms with Gasteiger partial charge in [0.25, 0.3) is 0 Å². The fraction of sp³-hybridized carbons (Fsp3) is 0.368. The number of benzene rings is 2. The van der Waals surface area contributed by atoms with Gasteiger partial charge >= 0.3 is 0 Å². The number of nitrogens with one attached hydrogen (secondary N) is 1. The van der Waals surface area contributed by atoms with Crippen LogP contribution in [0.4, 0.5) is 5.69 Å². The van der Waals surface area contributed by atoms with Crippen molar-refractivity contribution in [2.24, 2.45) is 0 Å². The molecular formula is C19H24N2O3S. The predicted molar refractivity (Wildman–Crippen MR) is 99.5 cm³/mol. The van der Waals surface area contributed by atoms with Crippen LogP contribution in [0.15, 0.2) is 41.3 Å². The van der Waals surface area contributed by atoms with Crippen molar-refractivity contribution in [1.29, 1.82) is 0 Å². The molecule has 1 aliphatic heterocycles. The third kappa shape index (κ3) is 3.71. The molecule has 1 unspecified atom stereocenters. The Morgan fingerprint density at radius 3 is 2.68 bits per heavy atom. The first-order valence-electron chi connectivity index (χ1n) is 8.37. The minimum atomic E-state index is -3.65. The van der Waals surface area contributed by atoms with Crippen molar-refractivity contribution in [3.8, 4) is 0 Å². The maximum Gasteiger partial charge on any atom is 0.240 e. The second-order valence-corrected chi connectivity index (χ2v) is 8.43. The largest absolute Gasteiger partial charge is 0.387 e. The Labute approximate surface area is 149 Å². The molecule has 0 aliphatic carbocycles. The molecule has 3 rings (SSSR count). The van der Waals surface area contributed by atoms with E-state index in [0.717, 1.165) is 24.1 Å². The second kappa shape index (κ2) is 6.78. The fourth-order valence-electron chi connectivity index (χ4n) is 3.28. The molecule has 0 saturated heterocycles. The van der Waals surface area contributed by atoms with Crippen LogP contribution in [0, 0.1) is 13.8 Å². The van der Waals surface area contributed by atoms with Crippen LogP contribution in [0.1, 0.15) is 28.4 Å². The van der Waals surface area contributed by atoms with E-state index in [-0.39, 0.29) is 11.4 Å². The number of rotatable bonds is 5. The molecule has 6 heteroatoms. The van der Waals surface area contributed by atoms with E-state index in [2.05, 4.69) is 9.62 Å². The molecule has 1 aliphatic rings. The average molecular weight is 360 g/mol. The monoisotopic (exact) mass is 360 g/mol. The lowest BCUT2D eigenvalue weighted by Crippen LogP contribution is -2.29. The molecule has 0 radical (unpaired) electrons. The molecule has 2 aromatic rings. The lowest BCUT2D eigenvalue weighted by Gasteiger charge is -2.16. The van der Waals surface area contributed by atoms with Crippen LogP contribution in [0.2, 0.25) is 0 Å². The first-order valence-corrected chi connectivity index (χ1v) is 9.85. The first-order chi connectivity index (χ1) is 11.8. The van der Waals surface area contributed by atoms with E-state index in [9.17, 15) is 13.5 Å². The Hall–Kier alpha value is -1.89. The number of hydrogen-bond donors (Lipinski definition) is 2. The smallest absolute Gasteiger partial charge is 0.240 e. The lowest BCUT2D eigenvalue weighted by molar-refractivity contribution is 0.182. The summed E-state index contributed by atoms with van der Waals surface area (Å²) < 4.78 is 27.5. The molecule has 134 valence electrons. The van der Waals surface area contributed by atoms with Crippen molar-refractivity contribution in [1.82, 2.24) is 4.72 Å². The summed E-state index contributed by atoms with van der Waals surface area (Å²) in [4.78, 5) is 2.43. The van der Waals surface area contributed by atoms with Gasteiger partial charge in [-0.05, 0) is 49.1 Å². The average Bonchev–Trinajstić information content (AvgIpc) is 2.93. The summed E-state index contributed by atoms with van der Waals surface area (Å²) in [5.74, 6) is 0. The van der Waals surface area contributed by atoms with Crippen molar-refractivity contribution in [3.05, 3.63) is 58.7 Å². The van der Waals surface area contributed by atoms with E-state index in [0.29, 0.717) is 5.56 Å². The van der Waals surface area contributed by atoms with Crippen molar-refractivity contribution in [3.63, 3.8) is 0 Å². The van der Waals surface area contributed by atoms with Crippen molar-refractivity contribution in [2.45, 2.75) is 31.3 Å². The van der Waals surface area contributed by atoms with Crippen molar-refractivity contribution < 1.29 is 13.5 Å². The Morgan fingerprint density at radius 2 is 1.96 bits per heavy atom. The summed E-state index contributed by atoms with van der Waals surface area (Å²) in [6.07, 6.45) is 0.0671. The fourth-order valence-corrected chi connectivity index (χ4v) is 4.54. The molecular weight excluding hydrogens is 336 g/mol. The first kappa shape index (κ1) is 17.9. The number of nitrogens with zero attached hydrogens (tertiary/aromatic N) is 1. The highest BCUT2D eigenvalue weighted by Crippen LogP contribution is 2.29. The lowest BCUT2D eigenvalue weighted by atomic mass is 10.0. The standard InChI is InChI=1S/C19H24N2O3S/c1-13-4-7-19(14(2)10-13)25(23,24)20-12-18(22)16-5-6-17-15(11-16)8-9-21(17)3/h4-7,10-11,18,20,22H,8-9,12H2,1-3H3. The van der Waals surface area contributed by atoms with Gasteiger partial charge in [0.05, 0.1) is 11.0 Å². The molecule has 0 aromatic heterocycles. The molecule has 0 saturated carbocycles. The molecule has 0 bridgehead atoms. The Kier molecular flexibility index (Phi) is 4.86. The van der Waals surface area contributed by atoms with Crippen LogP contribution in [0.25, 0.3) is 0 Å². The van der Waals surface area contributed by atoms with E-state index < -0.39 is 16.1 Å². The van der Waals surface area contributed by atoms with Crippen molar-refractivity contribution in [2.75, 3.05) is 25.0 Å². The minimum absolute atomic E-state index is 0.0513. The Bertz CT molecular complexity index is 894. The number of fused-ring (bicyclic) bond motifs is 1. The quantitative estimate of drug-likeness (QED) is 0.858. The van der Waals surface area contributed by atoms with Gasteiger partial charge in [0.15, 0.2) is 0 Å². The third-order valence-corrected chi connectivity index (χ3v) is 6.29. The van der Waals surface area contributed by atoms with Gasteiger partial charge in [-0.2, -0.15) is 0 Å². The van der Waals surface area contributed by atoms with E-state index in [1.54, 1.807) is 19.1 Å². The van der Waals surface area contributed by atoms with Crippen LogP contribution in [0.3, 0.4) is 0 Å². The number of aliphatic hydroxyl groups excluding tert-OH is 1. The van der Waals surface area contributed by atoms with E-state index in [1.807, 2.05) is 38.2 Å². The van der Waals surface area contributed by atoms with Gasteiger partial charge in [0, 0.05) is 25.8 Å². The van der Waals surface area contributed by atoms with Gasteiger partial charge in [0.1, 0.15) is 0 Å². The minimum Gasteiger partial charge on any atom is -0.387 e. The zero-order valence-electron chi connectivity index (χ0n) is 14.8. The molecule has 1 atom stereocenters. The predicted octanol–water partition coefficient (Wildman–Crippen LogP) is 2.31. The number of hydrogen-bond acceptors (Lipinski definition) is 4. The zero-order chi connectivity index (χ0) is 18.2. The van der Waals surface area contributed by atoms with Crippen LogP contribution >= 0.6 is 0 Å². The summed E-state index contributed by atoms with van der Waals surface area (Å²) in [6.45, 7) is 4.61. The molecule has 0 amide bonds. The molecule has 0 spiro atoms. The summed E-state index contributed by atoms with van der Waals surface area (Å²) in [6, 6.07) is 11.0. The van der Waals surface area contributed by atoms with E-state index >= 15 is 0 Å². The van der Waals surface area contributed by atoms with Crippen LogP contribution in [0.5, 0.6) is 0 Å². The highest BCUT2D eigenvalue weighted by Gasteiger charge is 2.21. The Morgan fingerprint density at radius 1 is 1.20 bits per heavy atom. The number of aliphatic hydroxyl groups is 1. The highest BCUT2D eigenvalue weighted by atomic mass is 32.2. The van der Waals surface area contributed by atoms with E-state index in [4.69, 9.17) is 0 Å². The van der Waals surface area contributed by atoms with Gasteiger partial charge in [-0.15, -0.1) is 0 Å². The van der Waals surface area contributed by atoms with Gasteiger partial charge < -0.3 is 10.0 Å². The number of likely N-dealkylation sites (N-methyl/N-ethyl adjacent to an activating group) is 1. The molecule has 5 nitrogen and oxygen atoms in total. The van der Waals surface area contributed by atoms with Gasteiger partial charge in [0.2, 0.25) is 10.0 Å². The summed E-state index contributed by atoms with van der Waals surface area (Å²) in [5, 5.41) is 10.4. The summed E-state index contributed by atoms with van der Waals surface area (Å²) >= 11 is 0. The van der Waals surface area contributed by atoms with E-state index in [1.165, 1.54) is 11.3 Å². The van der Waals surface area contributed by atoms with Crippen LogP contribution in [-0.2, 0) is 16.4 Å². The molecule has 25 heavy (non-hydrogen) atoms. The molecule has 2 aromatic carbocycles. The van der Waals surface area contributed by atoms with Crippen LogP contribution in [-0.4, -0.2) is 33.7 Å². The zero-order valence-corrected chi connectivity index (χ0v) is 15.6. The van der Waals surface area contributed by atoms with Gasteiger partial charge in [-0.25, -0.2) is 13.1 Å². The summed E-state index contributed by atoms with van der Waals surface area (Å²) in [5.41, 5.74) is 4.81. The Balaban J connectivity index is 1.72. The highest BCUT2D eigenvalue weighted by molar-refractivity contribution is 7.89.